The van der Waals surface area contributed by atoms with E-state index in [1.54, 1.807) is 24.3 Å². The Labute approximate surface area is 105 Å². The van der Waals surface area contributed by atoms with Gasteiger partial charge in [0.1, 0.15) is 9.94 Å². The molecule has 1 aliphatic rings. The second kappa shape index (κ2) is 4.60. The average Bonchev–Trinajstić information content (AvgIpc) is 2.53. The minimum atomic E-state index is -1.70. The Hall–Kier alpha value is -1.17. The third-order valence-corrected chi connectivity index (χ3v) is 4.25. The number of ether oxygens (including phenoxy) is 1. The number of aliphatic hydroxyl groups excluding tert-OH is 1. The first-order chi connectivity index (χ1) is 8.00. The van der Waals surface area contributed by atoms with Gasteiger partial charge in [0.05, 0.1) is 10.8 Å². The maximum absolute atomic E-state index is 12.1. The quantitative estimate of drug-likeness (QED) is 0.827. The number of rotatable bonds is 2. The first-order valence-electron chi connectivity index (χ1n) is 4.78. The van der Waals surface area contributed by atoms with Crippen LogP contribution in [0.2, 0.25) is 0 Å². The topological polar surface area (TPSA) is 63.6 Å². The summed E-state index contributed by atoms with van der Waals surface area (Å²) in [5.41, 5.74) is 1.02. The van der Waals surface area contributed by atoms with Gasteiger partial charge in [-0.2, -0.15) is 0 Å². The molecule has 17 heavy (non-hydrogen) atoms. The van der Waals surface area contributed by atoms with Gasteiger partial charge in [-0.05, 0) is 19.1 Å². The molecule has 0 aliphatic carbocycles. The van der Waals surface area contributed by atoms with Crippen LogP contribution < -0.4 is 0 Å². The zero-order valence-corrected chi connectivity index (χ0v) is 10.4. The van der Waals surface area contributed by atoms with Crippen molar-refractivity contribution in [3.05, 3.63) is 39.8 Å². The molecule has 4 nitrogen and oxygen atoms in total. The Morgan fingerprint density at radius 1 is 1.35 bits per heavy atom. The summed E-state index contributed by atoms with van der Waals surface area (Å²) in [6, 6.07) is 6.87. The van der Waals surface area contributed by atoms with E-state index >= 15 is 0 Å². The summed E-state index contributed by atoms with van der Waals surface area (Å²) in [7, 11) is -1.70. The lowest BCUT2D eigenvalue weighted by Gasteiger charge is -2.07. The van der Waals surface area contributed by atoms with Crippen molar-refractivity contribution < 1.29 is 18.8 Å². The zero-order chi connectivity index (χ0) is 12.6. The second-order valence-corrected chi connectivity index (χ2v) is 5.34. The molecule has 1 aromatic rings. The fourth-order valence-corrected chi connectivity index (χ4v) is 2.84. The number of hydrogen-bond donors (Lipinski definition) is 1. The van der Waals surface area contributed by atoms with Crippen LogP contribution in [-0.2, 0) is 20.3 Å². The van der Waals surface area contributed by atoms with Crippen LogP contribution in [0.15, 0.2) is 39.1 Å². The molecule has 0 amide bonds. The number of benzene rings is 1. The summed E-state index contributed by atoms with van der Waals surface area (Å²) < 4.78 is 16.6. The van der Waals surface area contributed by atoms with Crippen molar-refractivity contribution in [1.29, 1.82) is 0 Å². The molecule has 0 fully saturated rings. The van der Waals surface area contributed by atoms with E-state index in [1.165, 1.54) is 0 Å². The number of hydrogen-bond acceptors (Lipinski definition) is 4. The lowest BCUT2D eigenvalue weighted by molar-refractivity contribution is -0.150. The highest BCUT2D eigenvalue weighted by Gasteiger charge is 2.36. The highest BCUT2D eigenvalue weighted by atomic mass is 35.5. The molecule has 1 aromatic carbocycles. The maximum atomic E-state index is 12.1. The smallest absolute Gasteiger partial charge is 0.353 e. The van der Waals surface area contributed by atoms with Crippen LogP contribution >= 0.6 is 11.6 Å². The van der Waals surface area contributed by atoms with Crippen LogP contribution in [0.3, 0.4) is 0 Å². The molecule has 90 valence electrons. The molecule has 0 saturated carbocycles. The third-order valence-electron chi connectivity index (χ3n) is 2.27. The van der Waals surface area contributed by atoms with E-state index in [0.717, 1.165) is 5.56 Å². The summed E-state index contributed by atoms with van der Waals surface area (Å²) in [6.07, 6.45) is -1.53. The summed E-state index contributed by atoms with van der Waals surface area (Å²) >= 11 is 5.65. The van der Waals surface area contributed by atoms with E-state index in [0.29, 0.717) is 4.90 Å². The van der Waals surface area contributed by atoms with Crippen LogP contribution in [-0.4, -0.2) is 21.6 Å². The number of cyclic esters (lactones) is 1. The fraction of sp³-hybridized carbons (Fsp3) is 0.182. The lowest BCUT2D eigenvalue weighted by Crippen LogP contribution is -2.13. The normalized spacial score (nSPS) is 21.6. The largest absolute Gasteiger partial charge is 0.426 e. The lowest BCUT2D eigenvalue weighted by atomic mass is 10.2. The number of aliphatic hydroxyl groups is 1. The van der Waals surface area contributed by atoms with Crippen molar-refractivity contribution in [2.45, 2.75) is 18.1 Å². The fourth-order valence-electron chi connectivity index (χ4n) is 1.38. The summed E-state index contributed by atoms with van der Waals surface area (Å²) in [5, 5.41) is 9.13. The molecule has 0 bridgehead atoms. The first kappa shape index (κ1) is 12.3. The molecule has 1 heterocycles. The Morgan fingerprint density at radius 3 is 2.41 bits per heavy atom. The molecule has 6 heteroatoms. The van der Waals surface area contributed by atoms with Crippen molar-refractivity contribution >= 4 is 28.4 Å². The van der Waals surface area contributed by atoms with Crippen LogP contribution in [0, 0.1) is 6.92 Å². The van der Waals surface area contributed by atoms with Crippen LogP contribution in [0.4, 0.5) is 0 Å². The van der Waals surface area contributed by atoms with E-state index < -0.39 is 23.1 Å². The molecular weight excluding hydrogens is 264 g/mol. The van der Waals surface area contributed by atoms with Crippen molar-refractivity contribution in [2.75, 3.05) is 0 Å². The minimum absolute atomic E-state index is 0.0967. The Kier molecular flexibility index (Phi) is 3.33. The van der Waals surface area contributed by atoms with Crippen LogP contribution in [0.1, 0.15) is 5.56 Å². The van der Waals surface area contributed by atoms with Crippen molar-refractivity contribution in [2.24, 2.45) is 0 Å². The predicted molar refractivity (Wildman–Crippen MR) is 62.6 cm³/mol. The van der Waals surface area contributed by atoms with Gasteiger partial charge in [-0.15, -0.1) is 0 Å². The van der Waals surface area contributed by atoms with Gasteiger partial charge in [0.15, 0.2) is 0 Å². The number of carbonyl (C=O) groups is 1. The Morgan fingerprint density at radius 2 is 1.94 bits per heavy atom. The number of halogens is 1. The molecule has 2 atom stereocenters. The first-order valence-corrected chi connectivity index (χ1v) is 6.30. The second-order valence-electron chi connectivity index (χ2n) is 3.52. The molecule has 0 aromatic heterocycles. The van der Waals surface area contributed by atoms with Crippen molar-refractivity contribution in [1.82, 2.24) is 0 Å². The summed E-state index contributed by atoms with van der Waals surface area (Å²) in [5.74, 6) is -0.852. The maximum Gasteiger partial charge on any atom is 0.353 e. The van der Waals surface area contributed by atoms with Crippen LogP contribution in [0.25, 0.3) is 0 Å². The molecular formula is C11H9ClO4S. The zero-order valence-electron chi connectivity index (χ0n) is 8.84. The van der Waals surface area contributed by atoms with Gasteiger partial charge in [0.25, 0.3) is 0 Å². The number of aryl methyl sites for hydroxylation is 1. The molecule has 0 spiro atoms. The van der Waals surface area contributed by atoms with Crippen molar-refractivity contribution in [3.63, 3.8) is 0 Å². The van der Waals surface area contributed by atoms with Gasteiger partial charge in [-0.1, -0.05) is 29.3 Å². The monoisotopic (exact) mass is 272 g/mol. The van der Waals surface area contributed by atoms with E-state index in [-0.39, 0.29) is 9.94 Å². The summed E-state index contributed by atoms with van der Waals surface area (Å²) in [6.45, 7) is 1.90. The van der Waals surface area contributed by atoms with Gasteiger partial charge < -0.3 is 9.84 Å². The standard InChI is InChI=1S/C11H9ClO4S/c1-6-2-4-7(5-3-6)17(15)9-8(12)10(13)16-11(9)14/h2-5,11,14H,1H3/t11-,17-/m1/s1. The van der Waals surface area contributed by atoms with Gasteiger partial charge in [-0.25, -0.2) is 9.00 Å². The molecule has 2 rings (SSSR count). The molecule has 0 saturated heterocycles. The summed E-state index contributed by atoms with van der Waals surface area (Å²) in [4.78, 5) is 11.4. The highest BCUT2D eigenvalue weighted by Crippen LogP contribution is 2.30. The van der Waals surface area contributed by atoms with E-state index in [9.17, 15) is 14.1 Å². The van der Waals surface area contributed by atoms with Gasteiger partial charge >= 0.3 is 5.97 Å². The molecule has 1 aliphatic heterocycles. The van der Waals surface area contributed by atoms with Gasteiger partial charge in [0.2, 0.25) is 6.29 Å². The van der Waals surface area contributed by atoms with Gasteiger partial charge in [0, 0.05) is 4.90 Å². The SMILES string of the molecule is Cc1ccc([S@@](=O)C2=C(Cl)C(=O)O[C@H]2O)cc1. The van der Waals surface area contributed by atoms with E-state index in [4.69, 9.17) is 11.6 Å². The minimum Gasteiger partial charge on any atom is -0.426 e. The number of esters is 1. The van der Waals surface area contributed by atoms with E-state index in [1.807, 2.05) is 6.92 Å². The van der Waals surface area contributed by atoms with E-state index in [2.05, 4.69) is 4.74 Å². The Bertz CT molecular complexity index is 521. The number of carbonyl (C=O) groups excluding carboxylic acids is 1. The highest BCUT2D eigenvalue weighted by molar-refractivity contribution is 7.89. The van der Waals surface area contributed by atoms with Crippen molar-refractivity contribution in [3.8, 4) is 0 Å². The molecule has 1 N–H and O–H groups in total. The predicted octanol–water partition coefficient (Wildman–Crippen LogP) is 1.43. The third kappa shape index (κ3) is 2.26. The van der Waals surface area contributed by atoms with Crippen LogP contribution in [0.5, 0.6) is 0 Å². The molecule has 0 unspecified atom stereocenters. The average molecular weight is 273 g/mol. The Balaban J connectivity index is 2.38. The molecule has 0 radical (unpaired) electrons. The van der Waals surface area contributed by atoms with Gasteiger partial charge in [-0.3, -0.25) is 0 Å².